The van der Waals surface area contributed by atoms with Crippen molar-refractivity contribution in [3.63, 3.8) is 0 Å². The van der Waals surface area contributed by atoms with E-state index in [1.54, 1.807) is 6.92 Å². The number of hydrogen-bond donors (Lipinski definition) is 2. The van der Waals surface area contributed by atoms with Crippen LogP contribution in [0.3, 0.4) is 0 Å². The second-order valence-electron chi connectivity index (χ2n) is 5.26. The lowest BCUT2D eigenvalue weighted by atomic mass is 10.2. The zero-order valence-electron chi connectivity index (χ0n) is 11.9. The van der Waals surface area contributed by atoms with Crippen LogP contribution in [-0.2, 0) is 13.1 Å². The van der Waals surface area contributed by atoms with E-state index in [2.05, 4.69) is 30.7 Å². The number of fused-ring (bicyclic) bond motifs is 1. The highest BCUT2D eigenvalue weighted by atomic mass is 16.4. The monoisotopic (exact) mass is 287 g/mol. The van der Waals surface area contributed by atoms with Crippen LogP contribution in [0.1, 0.15) is 17.1 Å². The fraction of sp³-hybridized carbons (Fsp3) is 0.538. The predicted molar refractivity (Wildman–Crippen MR) is 75.7 cm³/mol. The smallest absolute Gasteiger partial charge is 0.285 e. The van der Waals surface area contributed by atoms with Gasteiger partial charge in [0, 0.05) is 51.8 Å². The minimum Gasteiger partial charge on any atom is -0.418 e. The number of aryl methyl sites for hydroxylation is 1. The molecule has 4 heterocycles. The normalized spacial score (nSPS) is 18.0. The van der Waals surface area contributed by atoms with Crippen molar-refractivity contribution in [3.05, 3.63) is 17.1 Å². The molecule has 0 amide bonds. The Morgan fingerprint density at radius 1 is 1.05 bits per heavy atom. The van der Waals surface area contributed by atoms with E-state index in [1.807, 2.05) is 0 Å². The van der Waals surface area contributed by atoms with Gasteiger partial charge < -0.3 is 20.0 Å². The van der Waals surface area contributed by atoms with Crippen molar-refractivity contribution < 1.29 is 4.42 Å². The third kappa shape index (κ3) is 2.26. The molecule has 2 aromatic rings. The molecule has 0 atom stereocenters. The van der Waals surface area contributed by atoms with Gasteiger partial charge in [0.2, 0.25) is 11.7 Å². The van der Waals surface area contributed by atoms with Gasteiger partial charge in [-0.1, -0.05) is 0 Å². The Morgan fingerprint density at radius 3 is 2.67 bits per heavy atom. The molecule has 0 radical (unpaired) electrons. The summed E-state index contributed by atoms with van der Waals surface area (Å²) in [5, 5.41) is 14.6. The Hall–Kier alpha value is -2.06. The second kappa shape index (κ2) is 5.05. The van der Waals surface area contributed by atoms with E-state index in [0.717, 1.165) is 50.8 Å². The Labute approximate surface area is 122 Å². The molecule has 2 aliphatic rings. The molecule has 8 heteroatoms. The fourth-order valence-corrected chi connectivity index (χ4v) is 2.77. The summed E-state index contributed by atoms with van der Waals surface area (Å²) in [6, 6.07) is 0. The van der Waals surface area contributed by atoms with E-state index in [9.17, 15) is 0 Å². The number of rotatable bonds is 2. The van der Waals surface area contributed by atoms with Gasteiger partial charge in [0.1, 0.15) is 5.82 Å². The van der Waals surface area contributed by atoms with Gasteiger partial charge in [0.15, 0.2) is 0 Å². The summed E-state index contributed by atoms with van der Waals surface area (Å²) in [4.78, 5) is 11.6. The molecule has 2 N–H and O–H groups in total. The van der Waals surface area contributed by atoms with Gasteiger partial charge in [0.05, 0.1) is 5.69 Å². The highest BCUT2D eigenvalue weighted by Gasteiger charge is 2.25. The predicted octanol–water partition coefficient (Wildman–Crippen LogP) is -0.152. The summed E-state index contributed by atoms with van der Waals surface area (Å²) in [6.45, 7) is 7.19. The lowest BCUT2D eigenvalue weighted by Crippen LogP contribution is -2.44. The zero-order valence-corrected chi connectivity index (χ0v) is 11.9. The van der Waals surface area contributed by atoms with Gasteiger partial charge in [-0.15, -0.1) is 10.2 Å². The molecule has 110 valence electrons. The maximum absolute atomic E-state index is 5.47. The SMILES string of the molecule is Cc1nnc(-c2nc3c(c(N4CCNCC4)n2)CNC3)o1. The van der Waals surface area contributed by atoms with Gasteiger partial charge >= 0.3 is 0 Å². The first-order valence-corrected chi connectivity index (χ1v) is 7.18. The average Bonchev–Trinajstić information content (AvgIpc) is 3.15. The van der Waals surface area contributed by atoms with E-state index in [-0.39, 0.29) is 0 Å². The molecule has 2 aromatic heterocycles. The van der Waals surface area contributed by atoms with Gasteiger partial charge in [-0.05, 0) is 0 Å². The molecular weight excluding hydrogens is 270 g/mol. The fourth-order valence-electron chi connectivity index (χ4n) is 2.77. The molecule has 0 aromatic carbocycles. The maximum atomic E-state index is 5.47. The van der Waals surface area contributed by atoms with Crippen LogP contribution < -0.4 is 15.5 Å². The number of nitrogens with one attached hydrogen (secondary N) is 2. The van der Waals surface area contributed by atoms with Crippen LogP contribution >= 0.6 is 0 Å². The number of anilines is 1. The number of piperazine rings is 1. The molecule has 2 aliphatic heterocycles. The Kier molecular flexibility index (Phi) is 3.04. The van der Waals surface area contributed by atoms with Crippen LogP contribution in [0, 0.1) is 6.92 Å². The standard InChI is InChI=1S/C13H17N7O/c1-8-18-19-13(21-8)11-16-10-7-15-6-9(10)12(17-11)20-4-2-14-3-5-20/h14-15H,2-7H2,1H3. The van der Waals surface area contributed by atoms with Crippen molar-refractivity contribution >= 4 is 5.82 Å². The molecule has 0 saturated carbocycles. The van der Waals surface area contributed by atoms with Crippen LogP contribution in [0.15, 0.2) is 4.42 Å². The molecule has 0 bridgehead atoms. The first-order valence-electron chi connectivity index (χ1n) is 7.18. The lowest BCUT2D eigenvalue weighted by molar-refractivity contribution is 0.527. The molecule has 0 spiro atoms. The third-order valence-corrected chi connectivity index (χ3v) is 3.80. The molecule has 0 unspecified atom stereocenters. The van der Waals surface area contributed by atoms with E-state index in [4.69, 9.17) is 9.40 Å². The topological polar surface area (TPSA) is 92.0 Å². The Balaban J connectivity index is 1.79. The summed E-state index contributed by atoms with van der Waals surface area (Å²) < 4.78 is 5.47. The van der Waals surface area contributed by atoms with Crippen LogP contribution in [0.5, 0.6) is 0 Å². The first kappa shape index (κ1) is 12.7. The van der Waals surface area contributed by atoms with E-state index in [1.165, 1.54) is 5.56 Å². The number of aromatic nitrogens is 4. The lowest BCUT2D eigenvalue weighted by Gasteiger charge is -2.29. The summed E-state index contributed by atoms with van der Waals surface area (Å²) in [5.74, 6) is 2.43. The van der Waals surface area contributed by atoms with Crippen LogP contribution in [-0.4, -0.2) is 46.3 Å². The van der Waals surface area contributed by atoms with E-state index < -0.39 is 0 Å². The van der Waals surface area contributed by atoms with Crippen LogP contribution in [0.4, 0.5) is 5.82 Å². The molecular formula is C13H17N7O. The zero-order chi connectivity index (χ0) is 14.2. The van der Waals surface area contributed by atoms with Gasteiger partial charge in [-0.3, -0.25) is 0 Å². The number of hydrogen-bond acceptors (Lipinski definition) is 8. The second-order valence-corrected chi connectivity index (χ2v) is 5.26. The average molecular weight is 287 g/mol. The summed E-state index contributed by atoms with van der Waals surface area (Å²) in [5.41, 5.74) is 2.22. The highest BCUT2D eigenvalue weighted by molar-refractivity contribution is 5.56. The van der Waals surface area contributed by atoms with Crippen molar-refractivity contribution in [2.75, 3.05) is 31.1 Å². The van der Waals surface area contributed by atoms with Crippen molar-refractivity contribution in [1.82, 2.24) is 30.8 Å². The maximum Gasteiger partial charge on any atom is 0.285 e. The molecule has 4 rings (SSSR count). The van der Waals surface area contributed by atoms with Crippen LogP contribution in [0.25, 0.3) is 11.7 Å². The van der Waals surface area contributed by atoms with Crippen molar-refractivity contribution in [2.45, 2.75) is 20.0 Å². The molecule has 0 aliphatic carbocycles. The van der Waals surface area contributed by atoms with Crippen molar-refractivity contribution in [1.29, 1.82) is 0 Å². The largest absolute Gasteiger partial charge is 0.418 e. The minimum atomic E-state index is 0.388. The van der Waals surface area contributed by atoms with Gasteiger partial charge in [-0.2, -0.15) is 0 Å². The van der Waals surface area contributed by atoms with Gasteiger partial charge in [0.25, 0.3) is 5.89 Å². The van der Waals surface area contributed by atoms with E-state index in [0.29, 0.717) is 17.6 Å². The van der Waals surface area contributed by atoms with Crippen molar-refractivity contribution in [3.8, 4) is 11.7 Å². The first-order chi connectivity index (χ1) is 10.3. The quantitative estimate of drug-likeness (QED) is 0.788. The summed E-state index contributed by atoms with van der Waals surface area (Å²) in [6.07, 6.45) is 0. The van der Waals surface area contributed by atoms with Crippen molar-refractivity contribution in [2.24, 2.45) is 0 Å². The van der Waals surface area contributed by atoms with Crippen LogP contribution in [0.2, 0.25) is 0 Å². The summed E-state index contributed by atoms with van der Waals surface area (Å²) >= 11 is 0. The Bertz CT molecular complexity index is 663. The number of nitrogens with zero attached hydrogens (tertiary/aromatic N) is 5. The molecule has 1 saturated heterocycles. The summed E-state index contributed by atoms with van der Waals surface area (Å²) in [7, 11) is 0. The molecule has 1 fully saturated rings. The van der Waals surface area contributed by atoms with E-state index >= 15 is 0 Å². The van der Waals surface area contributed by atoms with Gasteiger partial charge in [-0.25, -0.2) is 9.97 Å². The molecule has 21 heavy (non-hydrogen) atoms. The molecule has 8 nitrogen and oxygen atoms in total. The Morgan fingerprint density at radius 2 is 1.90 bits per heavy atom. The minimum absolute atomic E-state index is 0.388. The highest BCUT2D eigenvalue weighted by Crippen LogP contribution is 2.27. The third-order valence-electron chi connectivity index (χ3n) is 3.80.